The minimum Gasteiger partial charge on any atom is -0.480 e. The predicted molar refractivity (Wildman–Crippen MR) is 53.1 cm³/mol. The van der Waals surface area contributed by atoms with E-state index in [-0.39, 0.29) is 0 Å². The fourth-order valence-electron chi connectivity index (χ4n) is 0.802. The molecular weight excluding hydrogens is 152 g/mol. The summed E-state index contributed by atoms with van der Waals surface area (Å²) in [5.74, 6) is 1.67. The summed E-state index contributed by atoms with van der Waals surface area (Å²) in [5, 5.41) is 10.8. The van der Waals surface area contributed by atoms with Gasteiger partial charge in [-0.15, -0.1) is 10.2 Å². The molecule has 0 fully saturated rings. The van der Waals surface area contributed by atoms with Gasteiger partial charge in [-0.1, -0.05) is 0 Å². The van der Waals surface area contributed by atoms with E-state index in [1.165, 1.54) is 0 Å². The number of rotatable bonds is 3. The van der Waals surface area contributed by atoms with Crippen LogP contribution >= 0.6 is 0 Å². The van der Waals surface area contributed by atoms with Crippen molar-refractivity contribution in [3.8, 4) is 5.88 Å². The van der Waals surface area contributed by atoms with Crippen LogP contribution in [0.1, 0.15) is 0 Å². The van der Waals surface area contributed by atoms with Crippen LogP contribution in [0.5, 0.6) is 5.88 Å². The molecule has 1 aromatic rings. The summed E-state index contributed by atoms with van der Waals surface area (Å²) in [4.78, 5) is 0. The molecule has 0 radical (unpaired) electrons. The van der Waals surface area contributed by atoms with E-state index in [0.29, 0.717) is 11.7 Å². The highest BCUT2D eigenvalue weighted by Crippen LogP contribution is 2.06. The maximum atomic E-state index is 4.87. The number of ether oxygens (including phenoxy) is 1. The van der Waals surface area contributed by atoms with Gasteiger partial charge < -0.3 is 10.1 Å². The van der Waals surface area contributed by atoms with Gasteiger partial charge in [0.15, 0.2) is 0 Å². The SMILES string of the molecule is BC(B)Nc1ccc(OC)nn1. The lowest BCUT2D eigenvalue weighted by molar-refractivity contribution is 0.392. The third-order valence-electron chi connectivity index (χ3n) is 1.29. The van der Waals surface area contributed by atoms with E-state index in [4.69, 9.17) is 4.74 Å². The van der Waals surface area contributed by atoms with Gasteiger partial charge >= 0.3 is 0 Å². The van der Waals surface area contributed by atoms with Crippen molar-refractivity contribution < 1.29 is 4.74 Å². The molecule has 0 amide bonds. The molecule has 1 N–H and O–H groups in total. The molecule has 0 atom stereocenters. The molecule has 0 aliphatic heterocycles. The van der Waals surface area contributed by atoms with E-state index in [1.807, 2.05) is 21.8 Å². The average molecular weight is 163 g/mol. The zero-order chi connectivity index (χ0) is 8.97. The zero-order valence-corrected chi connectivity index (χ0v) is 7.53. The van der Waals surface area contributed by atoms with Crippen LogP contribution in [0.4, 0.5) is 5.82 Å². The Balaban J connectivity index is 2.65. The van der Waals surface area contributed by atoms with Gasteiger partial charge in [-0.2, -0.15) is 0 Å². The van der Waals surface area contributed by atoms with E-state index in [9.17, 15) is 0 Å². The van der Waals surface area contributed by atoms with Gasteiger partial charge in [0, 0.05) is 6.07 Å². The fraction of sp³-hybridized carbons (Fsp3) is 0.333. The molecule has 0 saturated carbocycles. The maximum absolute atomic E-state index is 4.87. The Kier molecular flexibility index (Phi) is 2.96. The summed E-state index contributed by atoms with van der Waals surface area (Å²) in [6.45, 7) is 0. The highest BCUT2D eigenvalue weighted by Gasteiger charge is 1.97. The molecule has 0 saturated heterocycles. The van der Waals surface area contributed by atoms with Crippen molar-refractivity contribution in [1.29, 1.82) is 0 Å². The Morgan fingerprint density at radius 3 is 2.58 bits per heavy atom. The quantitative estimate of drug-likeness (QED) is 0.547. The van der Waals surface area contributed by atoms with Gasteiger partial charge in [-0.3, -0.25) is 0 Å². The van der Waals surface area contributed by atoms with E-state index in [0.717, 1.165) is 5.82 Å². The Hall–Kier alpha value is -1.19. The average Bonchev–Trinajstić information content (AvgIpc) is 2.05. The number of nitrogens with one attached hydrogen (secondary N) is 1. The Morgan fingerprint density at radius 2 is 2.17 bits per heavy atom. The zero-order valence-electron chi connectivity index (χ0n) is 7.53. The van der Waals surface area contributed by atoms with Crippen molar-refractivity contribution in [3.05, 3.63) is 12.1 Å². The third kappa shape index (κ3) is 2.45. The lowest BCUT2D eigenvalue weighted by atomic mass is 9.79. The van der Waals surface area contributed by atoms with Crippen LogP contribution in [0.15, 0.2) is 12.1 Å². The first-order chi connectivity index (χ1) is 5.72. The summed E-state index contributed by atoms with van der Waals surface area (Å²) >= 11 is 0. The highest BCUT2D eigenvalue weighted by molar-refractivity contribution is 6.37. The van der Waals surface area contributed by atoms with E-state index >= 15 is 0 Å². The Morgan fingerprint density at radius 1 is 1.42 bits per heavy atom. The molecule has 6 heteroatoms. The molecule has 62 valence electrons. The van der Waals surface area contributed by atoms with Gasteiger partial charge in [0.05, 0.1) is 7.11 Å². The number of methoxy groups -OCH3 is 1. The van der Waals surface area contributed by atoms with E-state index in [2.05, 4.69) is 15.5 Å². The third-order valence-corrected chi connectivity index (χ3v) is 1.29. The Labute approximate surface area is 73.5 Å². The minimum absolute atomic E-state index is 0.368. The van der Waals surface area contributed by atoms with Crippen molar-refractivity contribution in [2.45, 2.75) is 5.84 Å². The summed E-state index contributed by atoms with van der Waals surface area (Å²) in [6.07, 6.45) is 0. The first kappa shape index (κ1) is 8.90. The van der Waals surface area contributed by atoms with Crippen molar-refractivity contribution in [1.82, 2.24) is 10.2 Å². The lowest BCUT2D eigenvalue weighted by Gasteiger charge is -2.07. The second-order valence-corrected chi connectivity index (χ2v) is 2.76. The van der Waals surface area contributed by atoms with Crippen LogP contribution in [0.3, 0.4) is 0 Å². The molecule has 0 spiro atoms. The van der Waals surface area contributed by atoms with Crippen molar-refractivity contribution in [2.75, 3.05) is 12.4 Å². The molecule has 0 unspecified atom stereocenters. The fourth-order valence-corrected chi connectivity index (χ4v) is 0.802. The molecule has 12 heavy (non-hydrogen) atoms. The number of anilines is 1. The van der Waals surface area contributed by atoms with Gasteiger partial charge in [-0.25, -0.2) is 0 Å². The molecule has 1 aromatic heterocycles. The van der Waals surface area contributed by atoms with Crippen molar-refractivity contribution in [3.63, 3.8) is 0 Å². The summed E-state index contributed by atoms with van der Waals surface area (Å²) < 4.78 is 4.87. The number of nitrogens with zero attached hydrogens (tertiary/aromatic N) is 2. The molecule has 0 bridgehead atoms. The molecular formula is C6H11B2N3O. The smallest absolute Gasteiger partial charge is 0.233 e. The second-order valence-electron chi connectivity index (χ2n) is 2.76. The predicted octanol–water partition coefficient (Wildman–Crippen LogP) is -1.55. The Bertz CT molecular complexity index is 239. The van der Waals surface area contributed by atoms with Crippen LogP contribution in [0, 0.1) is 0 Å². The summed E-state index contributed by atoms with van der Waals surface area (Å²) in [5.41, 5.74) is 0. The summed E-state index contributed by atoms with van der Waals surface area (Å²) in [7, 11) is 5.66. The number of aromatic nitrogens is 2. The molecule has 1 rings (SSSR count). The normalized spacial score (nSPS) is 9.83. The van der Waals surface area contributed by atoms with Gasteiger partial charge in [0.2, 0.25) is 5.88 Å². The molecule has 0 aromatic carbocycles. The van der Waals surface area contributed by atoms with Crippen LogP contribution < -0.4 is 10.1 Å². The maximum Gasteiger partial charge on any atom is 0.233 e. The molecule has 0 aliphatic carbocycles. The second kappa shape index (κ2) is 3.99. The van der Waals surface area contributed by atoms with Gasteiger partial charge in [-0.05, 0) is 11.9 Å². The van der Waals surface area contributed by atoms with Crippen molar-refractivity contribution >= 4 is 21.5 Å². The van der Waals surface area contributed by atoms with Crippen molar-refractivity contribution in [2.24, 2.45) is 0 Å². The molecule has 0 aliphatic rings. The standard InChI is InChI=1S/C6H11B2N3O/c1-12-5-3-2-4(10-11-5)9-6(7)8/h2-3,6H,7-8H2,1H3,(H,9,10). The lowest BCUT2D eigenvalue weighted by Crippen LogP contribution is -2.19. The molecule has 1 heterocycles. The van der Waals surface area contributed by atoms with Crippen LogP contribution in [0.2, 0.25) is 0 Å². The summed E-state index contributed by atoms with van der Waals surface area (Å²) in [6, 6.07) is 3.61. The minimum atomic E-state index is 0.368. The molecule has 4 nitrogen and oxygen atoms in total. The first-order valence-electron chi connectivity index (χ1n) is 3.86. The van der Waals surface area contributed by atoms with Gasteiger partial charge in [0.1, 0.15) is 21.5 Å². The topological polar surface area (TPSA) is 47.0 Å². The largest absolute Gasteiger partial charge is 0.480 e. The highest BCUT2D eigenvalue weighted by atomic mass is 16.5. The first-order valence-corrected chi connectivity index (χ1v) is 3.86. The van der Waals surface area contributed by atoms with Crippen LogP contribution in [0.25, 0.3) is 0 Å². The van der Waals surface area contributed by atoms with E-state index in [1.54, 1.807) is 13.2 Å². The monoisotopic (exact) mass is 163 g/mol. The van der Waals surface area contributed by atoms with Gasteiger partial charge in [0.25, 0.3) is 0 Å². The van der Waals surface area contributed by atoms with E-state index < -0.39 is 0 Å². The van der Waals surface area contributed by atoms with Crippen LogP contribution in [-0.4, -0.2) is 38.8 Å². The number of hydrogen-bond donors (Lipinski definition) is 1. The number of hydrogen-bond acceptors (Lipinski definition) is 4. The van der Waals surface area contributed by atoms with Crippen LogP contribution in [-0.2, 0) is 0 Å².